The normalized spacial score (nSPS) is 17.1. The number of imidazole rings is 1. The van der Waals surface area contributed by atoms with Crippen molar-refractivity contribution in [1.29, 1.82) is 0 Å². The van der Waals surface area contributed by atoms with Crippen LogP contribution in [-0.2, 0) is 11.8 Å². The SMILES string of the molecule is CCC(Oc1nc(-c2ccc(OC)c(OC)c2)cc2ncn(C)c12)[C@H]1CNC(=O)C1. The fraction of sp³-hybridized carbons (Fsp3) is 0.409. The fourth-order valence-corrected chi connectivity index (χ4v) is 3.91. The molecule has 0 bridgehead atoms. The Hall–Kier alpha value is -3.29. The molecule has 2 atom stereocenters. The van der Waals surface area contributed by atoms with Gasteiger partial charge in [0, 0.05) is 31.5 Å². The van der Waals surface area contributed by atoms with Crippen molar-refractivity contribution in [3.8, 4) is 28.6 Å². The lowest BCUT2D eigenvalue weighted by molar-refractivity contribution is -0.119. The fourth-order valence-electron chi connectivity index (χ4n) is 3.91. The van der Waals surface area contributed by atoms with E-state index in [0.29, 0.717) is 30.3 Å². The number of aryl methyl sites for hydroxylation is 1. The first kappa shape index (κ1) is 20.0. The lowest BCUT2D eigenvalue weighted by Gasteiger charge is -2.22. The number of pyridine rings is 1. The summed E-state index contributed by atoms with van der Waals surface area (Å²) in [6.45, 7) is 2.69. The van der Waals surface area contributed by atoms with Crippen LogP contribution >= 0.6 is 0 Å². The summed E-state index contributed by atoms with van der Waals surface area (Å²) in [7, 11) is 5.13. The zero-order chi connectivity index (χ0) is 21.3. The maximum atomic E-state index is 11.7. The van der Waals surface area contributed by atoms with E-state index in [4.69, 9.17) is 19.2 Å². The predicted octanol–water partition coefficient (Wildman–Crippen LogP) is 2.95. The van der Waals surface area contributed by atoms with Crippen LogP contribution in [0.1, 0.15) is 19.8 Å². The minimum atomic E-state index is -0.116. The molecule has 30 heavy (non-hydrogen) atoms. The van der Waals surface area contributed by atoms with Crippen LogP contribution in [0.2, 0.25) is 0 Å². The number of fused-ring (bicyclic) bond motifs is 1. The van der Waals surface area contributed by atoms with E-state index in [-0.39, 0.29) is 17.9 Å². The maximum absolute atomic E-state index is 11.7. The summed E-state index contributed by atoms with van der Waals surface area (Å²) in [6, 6.07) is 7.60. The smallest absolute Gasteiger partial charge is 0.241 e. The zero-order valence-electron chi connectivity index (χ0n) is 17.6. The number of hydrogen-bond donors (Lipinski definition) is 1. The van der Waals surface area contributed by atoms with Gasteiger partial charge in [-0.15, -0.1) is 0 Å². The van der Waals surface area contributed by atoms with E-state index in [1.165, 1.54) is 0 Å². The molecular weight excluding hydrogens is 384 g/mol. The van der Waals surface area contributed by atoms with Gasteiger partial charge >= 0.3 is 0 Å². The average molecular weight is 410 g/mol. The van der Waals surface area contributed by atoms with Crippen molar-refractivity contribution in [2.24, 2.45) is 13.0 Å². The molecule has 0 saturated carbocycles. The van der Waals surface area contributed by atoms with Gasteiger partial charge in [-0.3, -0.25) is 4.79 Å². The third-order valence-corrected chi connectivity index (χ3v) is 5.54. The molecule has 1 saturated heterocycles. The Morgan fingerprint density at radius 1 is 1.23 bits per heavy atom. The third kappa shape index (κ3) is 3.65. The van der Waals surface area contributed by atoms with Crippen LogP contribution in [0, 0.1) is 5.92 Å². The van der Waals surface area contributed by atoms with Crippen molar-refractivity contribution in [3.05, 3.63) is 30.6 Å². The summed E-state index contributed by atoms with van der Waals surface area (Å²) in [5.41, 5.74) is 3.22. The molecule has 3 aromatic rings. The Balaban J connectivity index is 1.76. The van der Waals surface area contributed by atoms with E-state index in [2.05, 4.69) is 17.2 Å². The van der Waals surface area contributed by atoms with Crippen molar-refractivity contribution < 1.29 is 19.0 Å². The molecule has 3 heterocycles. The highest BCUT2D eigenvalue weighted by Gasteiger charge is 2.31. The number of carbonyl (C=O) groups is 1. The van der Waals surface area contributed by atoms with Crippen LogP contribution in [0.5, 0.6) is 17.4 Å². The molecule has 8 nitrogen and oxygen atoms in total. The number of benzene rings is 1. The average Bonchev–Trinajstić information content (AvgIpc) is 3.37. The summed E-state index contributed by atoms with van der Waals surface area (Å²) in [4.78, 5) is 21.0. The van der Waals surface area contributed by atoms with Crippen molar-refractivity contribution in [2.45, 2.75) is 25.9 Å². The molecule has 1 aliphatic heterocycles. The Morgan fingerprint density at radius 3 is 2.70 bits per heavy atom. The van der Waals surface area contributed by atoms with Crippen LogP contribution in [0.15, 0.2) is 30.6 Å². The van der Waals surface area contributed by atoms with Crippen LogP contribution in [-0.4, -0.2) is 47.3 Å². The molecule has 1 unspecified atom stereocenters. The number of carbonyl (C=O) groups excluding carboxylic acids is 1. The first-order valence-electron chi connectivity index (χ1n) is 10.0. The van der Waals surface area contributed by atoms with Gasteiger partial charge < -0.3 is 24.1 Å². The minimum absolute atomic E-state index is 0.0692. The van der Waals surface area contributed by atoms with E-state index in [1.807, 2.05) is 35.9 Å². The van der Waals surface area contributed by atoms with Crippen LogP contribution in [0.3, 0.4) is 0 Å². The van der Waals surface area contributed by atoms with Crippen molar-refractivity contribution in [1.82, 2.24) is 19.9 Å². The van der Waals surface area contributed by atoms with Gasteiger partial charge in [-0.05, 0) is 30.7 Å². The highest BCUT2D eigenvalue weighted by molar-refractivity contribution is 5.85. The summed E-state index contributed by atoms with van der Waals surface area (Å²) in [6.07, 6.45) is 2.89. The lowest BCUT2D eigenvalue weighted by atomic mass is 9.99. The topological polar surface area (TPSA) is 87.5 Å². The standard InChI is InChI=1S/C22H26N4O4/c1-5-17(14-9-20(27)23-11-14)30-22-21-16(24-12-26(21)2)10-15(25-22)13-6-7-18(28-3)19(8-13)29-4/h6-8,10,12,14,17H,5,9,11H2,1-4H3,(H,23,27)/t14-,17?/m1/s1. The summed E-state index contributed by atoms with van der Waals surface area (Å²) in [5, 5.41) is 2.89. The highest BCUT2D eigenvalue weighted by Crippen LogP contribution is 2.35. The third-order valence-electron chi connectivity index (χ3n) is 5.54. The van der Waals surface area contributed by atoms with Gasteiger partial charge in [0.1, 0.15) is 11.6 Å². The first-order chi connectivity index (χ1) is 14.5. The molecule has 8 heteroatoms. The van der Waals surface area contributed by atoms with Gasteiger partial charge in [-0.25, -0.2) is 9.97 Å². The highest BCUT2D eigenvalue weighted by atomic mass is 16.5. The van der Waals surface area contributed by atoms with Crippen LogP contribution < -0.4 is 19.5 Å². The zero-order valence-corrected chi connectivity index (χ0v) is 17.6. The van der Waals surface area contributed by atoms with Crippen LogP contribution in [0.4, 0.5) is 0 Å². The van der Waals surface area contributed by atoms with Gasteiger partial charge in [-0.2, -0.15) is 0 Å². The molecule has 0 spiro atoms. The molecule has 4 rings (SSSR count). The second kappa shape index (κ2) is 8.22. The number of methoxy groups -OCH3 is 2. The molecule has 1 amide bonds. The van der Waals surface area contributed by atoms with Crippen molar-refractivity contribution >= 4 is 16.9 Å². The first-order valence-corrected chi connectivity index (χ1v) is 10.0. The monoisotopic (exact) mass is 410 g/mol. The van der Waals surface area contributed by atoms with Crippen molar-refractivity contribution in [2.75, 3.05) is 20.8 Å². The Labute approximate surface area is 175 Å². The van der Waals surface area contributed by atoms with Gasteiger partial charge in [0.2, 0.25) is 11.8 Å². The van der Waals surface area contributed by atoms with Crippen molar-refractivity contribution in [3.63, 3.8) is 0 Å². The minimum Gasteiger partial charge on any atom is -0.493 e. The molecule has 1 N–H and O–H groups in total. The molecule has 1 aliphatic rings. The molecular formula is C22H26N4O4. The van der Waals surface area contributed by atoms with Gasteiger partial charge in [0.05, 0.1) is 31.8 Å². The second-order valence-electron chi connectivity index (χ2n) is 7.44. The quantitative estimate of drug-likeness (QED) is 0.644. The van der Waals surface area contributed by atoms with Crippen LogP contribution in [0.25, 0.3) is 22.3 Å². The van der Waals surface area contributed by atoms with E-state index >= 15 is 0 Å². The number of ether oxygens (including phenoxy) is 3. The number of amides is 1. The molecule has 0 radical (unpaired) electrons. The maximum Gasteiger partial charge on any atom is 0.241 e. The number of nitrogens with one attached hydrogen (secondary N) is 1. The Kier molecular flexibility index (Phi) is 5.48. The van der Waals surface area contributed by atoms with Gasteiger partial charge in [0.25, 0.3) is 0 Å². The summed E-state index contributed by atoms with van der Waals surface area (Å²) >= 11 is 0. The Bertz CT molecular complexity index is 1080. The van der Waals surface area contributed by atoms with Gasteiger partial charge in [-0.1, -0.05) is 6.92 Å². The number of nitrogens with zero attached hydrogens (tertiary/aromatic N) is 3. The van der Waals surface area contributed by atoms with Gasteiger partial charge in [0.15, 0.2) is 11.5 Å². The second-order valence-corrected chi connectivity index (χ2v) is 7.44. The number of rotatable bonds is 7. The molecule has 2 aromatic heterocycles. The molecule has 0 aliphatic carbocycles. The largest absolute Gasteiger partial charge is 0.493 e. The predicted molar refractivity (Wildman–Crippen MR) is 113 cm³/mol. The summed E-state index contributed by atoms with van der Waals surface area (Å²) in [5.74, 6) is 1.99. The lowest BCUT2D eigenvalue weighted by Crippen LogP contribution is -2.28. The molecule has 1 fully saturated rings. The van der Waals surface area contributed by atoms with E-state index in [9.17, 15) is 4.79 Å². The Morgan fingerprint density at radius 2 is 2.03 bits per heavy atom. The van der Waals surface area contributed by atoms with E-state index in [1.54, 1.807) is 20.5 Å². The summed E-state index contributed by atoms with van der Waals surface area (Å²) < 4.78 is 19.1. The molecule has 158 valence electrons. The number of aromatic nitrogens is 3. The van der Waals surface area contributed by atoms with E-state index in [0.717, 1.165) is 28.7 Å². The molecule has 1 aromatic carbocycles. The van der Waals surface area contributed by atoms with E-state index < -0.39 is 0 Å². The number of hydrogen-bond acceptors (Lipinski definition) is 6.